The Labute approximate surface area is 296 Å². The summed E-state index contributed by atoms with van der Waals surface area (Å²) < 4.78 is 64.3. The van der Waals surface area contributed by atoms with Gasteiger partial charge in [0.25, 0.3) is 0 Å². The summed E-state index contributed by atoms with van der Waals surface area (Å²) >= 11 is 0. The molecule has 8 N–H and O–H groups in total. The number of carbonyl (C=O) groups is 2. The summed E-state index contributed by atoms with van der Waals surface area (Å²) in [5.74, 6) is -1.40. The number of carbonyl (C=O) groups excluding carboxylic acids is 2. The number of unbranched alkanes of at least 4 members (excludes halogenated alkanes) is 3. The Balaban J connectivity index is 2.93. The van der Waals surface area contributed by atoms with Gasteiger partial charge in [-0.25, -0.2) is 13.7 Å². The zero-order chi connectivity index (χ0) is 38.7. The topological polar surface area (TPSA) is 303 Å². The van der Waals surface area contributed by atoms with Crippen molar-refractivity contribution in [3.8, 4) is 0 Å². The SMILES string of the molecule is CC/C=C/C/C=C/C/C=C/CCCC(=O)O[C@H](COC(=O)CCCCC)COP(=O)(O)O[C@@H]1[C@H](O)[C@H](O)[C@@H](OP(=O)(O)O)[C@H](OP(=O)(O)O)[C@H]1O. The molecule has 296 valence electrons. The highest BCUT2D eigenvalue weighted by atomic mass is 31.2. The number of ether oxygens (including phenoxy) is 2. The maximum absolute atomic E-state index is 12.9. The summed E-state index contributed by atoms with van der Waals surface area (Å²) in [7, 11) is -16.6. The van der Waals surface area contributed by atoms with Crippen LogP contribution >= 0.6 is 23.5 Å². The molecule has 0 bridgehead atoms. The van der Waals surface area contributed by atoms with E-state index in [1.54, 1.807) is 0 Å². The molecule has 51 heavy (non-hydrogen) atoms. The zero-order valence-corrected chi connectivity index (χ0v) is 31.1. The van der Waals surface area contributed by atoms with Gasteiger partial charge in [0.1, 0.15) is 43.2 Å². The minimum Gasteiger partial charge on any atom is -0.462 e. The third-order valence-electron chi connectivity index (χ3n) is 6.96. The summed E-state index contributed by atoms with van der Waals surface area (Å²) in [6, 6.07) is 0. The van der Waals surface area contributed by atoms with Crippen LogP contribution in [0.2, 0.25) is 0 Å². The largest absolute Gasteiger partial charge is 0.472 e. The molecule has 19 nitrogen and oxygen atoms in total. The fourth-order valence-corrected chi connectivity index (χ4v) is 6.64. The van der Waals surface area contributed by atoms with E-state index in [0.29, 0.717) is 25.7 Å². The summed E-state index contributed by atoms with van der Waals surface area (Å²) in [6.45, 7) is 2.45. The van der Waals surface area contributed by atoms with Crippen LogP contribution in [0.15, 0.2) is 36.5 Å². The van der Waals surface area contributed by atoms with Crippen molar-refractivity contribution in [2.45, 2.75) is 121 Å². The van der Waals surface area contributed by atoms with Crippen LogP contribution in [-0.4, -0.2) is 108 Å². The third kappa shape index (κ3) is 21.0. The fraction of sp³-hybridized carbons (Fsp3) is 0.724. The summed E-state index contributed by atoms with van der Waals surface area (Å²) in [5.41, 5.74) is 0. The van der Waals surface area contributed by atoms with Gasteiger partial charge in [-0.2, -0.15) is 0 Å². The third-order valence-corrected chi connectivity index (χ3v) is 8.98. The Bertz CT molecular complexity index is 1280. The van der Waals surface area contributed by atoms with Gasteiger partial charge in [-0.15, -0.1) is 0 Å². The average molecular weight is 797 g/mol. The Morgan fingerprint density at radius 1 is 0.647 bits per heavy atom. The molecule has 0 aliphatic heterocycles. The highest BCUT2D eigenvalue weighted by molar-refractivity contribution is 7.47. The monoisotopic (exact) mass is 796 g/mol. The Hall–Kier alpha value is -1.63. The van der Waals surface area contributed by atoms with Crippen LogP contribution in [0.1, 0.15) is 78.1 Å². The van der Waals surface area contributed by atoms with Crippen molar-refractivity contribution in [1.29, 1.82) is 0 Å². The first-order chi connectivity index (χ1) is 23.8. The maximum Gasteiger partial charge on any atom is 0.472 e. The Morgan fingerprint density at radius 3 is 1.75 bits per heavy atom. The quantitative estimate of drug-likeness (QED) is 0.0285. The number of aliphatic hydroxyl groups is 3. The van der Waals surface area contributed by atoms with Crippen LogP contribution in [-0.2, 0) is 50.9 Å². The minimum atomic E-state index is -5.59. The predicted octanol–water partition coefficient (Wildman–Crippen LogP) is 2.61. The normalized spacial score (nSPS) is 25.0. The first-order valence-electron chi connectivity index (χ1n) is 16.3. The molecule has 0 aromatic heterocycles. The van der Waals surface area contributed by atoms with Crippen molar-refractivity contribution < 1.29 is 90.6 Å². The predicted molar refractivity (Wildman–Crippen MR) is 178 cm³/mol. The molecule has 1 fully saturated rings. The van der Waals surface area contributed by atoms with E-state index in [4.69, 9.17) is 28.3 Å². The number of phosphoric acid groups is 3. The summed E-state index contributed by atoms with van der Waals surface area (Å²) in [5, 5.41) is 31.4. The average Bonchev–Trinajstić information content (AvgIpc) is 3.03. The molecule has 1 saturated carbocycles. The minimum absolute atomic E-state index is 0.0539. The molecule has 1 aliphatic carbocycles. The zero-order valence-electron chi connectivity index (χ0n) is 28.4. The first kappa shape index (κ1) is 47.4. The van der Waals surface area contributed by atoms with Crippen LogP contribution in [0.4, 0.5) is 0 Å². The standard InChI is InChI=1S/C29H51O19P3/c1-3-5-7-8-9-10-11-12-13-14-16-18-23(31)45-21(19-43-22(30)17-15-6-4-2)20-44-51(41,42)48-27-24(32)25(33)28(46-49(35,36)37)29(26(27)34)47-50(38,39)40/h5,7,9-10,12-13,21,24-29,32-34H,3-4,6,8,11,14-20H2,1-2H3,(H,41,42)(H2,35,36,37)(H2,38,39,40)/b7-5+,10-9+,13-12+/t21-,24-,25+,26+,27-,28-,29-/m1/s1. The van der Waals surface area contributed by atoms with E-state index in [9.17, 15) is 53.3 Å². The van der Waals surface area contributed by atoms with Crippen LogP contribution in [0, 0.1) is 0 Å². The van der Waals surface area contributed by atoms with E-state index >= 15 is 0 Å². The van der Waals surface area contributed by atoms with Gasteiger partial charge in [-0.05, 0) is 38.5 Å². The van der Waals surface area contributed by atoms with Crippen molar-refractivity contribution in [2.24, 2.45) is 0 Å². The number of hydrogen-bond acceptors (Lipinski definition) is 14. The number of esters is 2. The lowest BCUT2D eigenvalue weighted by Crippen LogP contribution is -2.65. The molecule has 0 spiro atoms. The van der Waals surface area contributed by atoms with Crippen molar-refractivity contribution in [3.63, 3.8) is 0 Å². The summed E-state index contributed by atoms with van der Waals surface area (Å²) in [6.07, 6.45) is 1.11. The van der Waals surface area contributed by atoms with E-state index in [-0.39, 0.29) is 12.8 Å². The van der Waals surface area contributed by atoms with Crippen molar-refractivity contribution in [3.05, 3.63) is 36.5 Å². The number of hydrogen-bond donors (Lipinski definition) is 8. The van der Waals surface area contributed by atoms with Crippen LogP contribution in [0.25, 0.3) is 0 Å². The van der Waals surface area contributed by atoms with Crippen molar-refractivity contribution in [2.75, 3.05) is 13.2 Å². The summed E-state index contributed by atoms with van der Waals surface area (Å²) in [4.78, 5) is 71.8. The number of allylic oxidation sites excluding steroid dienone is 6. The molecule has 1 aliphatic rings. The van der Waals surface area contributed by atoms with Crippen LogP contribution < -0.4 is 0 Å². The van der Waals surface area contributed by atoms with E-state index < -0.39 is 91.3 Å². The second-order valence-corrected chi connectivity index (χ2v) is 15.2. The van der Waals surface area contributed by atoms with Crippen LogP contribution in [0.5, 0.6) is 0 Å². The maximum atomic E-state index is 12.9. The Morgan fingerprint density at radius 2 is 1.18 bits per heavy atom. The van der Waals surface area contributed by atoms with E-state index in [2.05, 4.69) is 28.1 Å². The van der Waals surface area contributed by atoms with Crippen molar-refractivity contribution >= 4 is 35.4 Å². The van der Waals surface area contributed by atoms with Gasteiger partial charge in [0, 0.05) is 12.8 Å². The molecule has 0 aromatic carbocycles. The Kier molecular flexibility index (Phi) is 22.2. The second-order valence-electron chi connectivity index (χ2n) is 11.4. The highest BCUT2D eigenvalue weighted by Crippen LogP contribution is 2.51. The van der Waals surface area contributed by atoms with Crippen LogP contribution in [0.3, 0.4) is 0 Å². The van der Waals surface area contributed by atoms with Gasteiger partial charge in [-0.1, -0.05) is 63.1 Å². The van der Waals surface area contributed by atoms with E-state index in [1.165, 1.54) is 0 Å². The molecule has 0 saturated heterocycles. The van der Waals surface area contributed by atoms with E-state index in [0.717, 1.165) is 25.7 Å². The van der Waals surface area contributed by atoms with Crippen molar-refractivity contribution in [1.82, 2.24) is 0 Å². The molecule has 0 heterocycles. The molecule has 0 amide bonds. The first-order valence-corrected chi connectivity index (χ1v) is 20.8. The van der Waals surface area contributed by atoms with Gasteiger partial charge in [0.2, 0.25) is 0 Å². The number of aliphatic hydroxyl groups excluding tert-OH is 3. The lowest BCUT2D eigenvalue weighted by Gasteiger charge is -2.44. The van der Waals surface area contributed by atoms with Gasteiger partial charge < -0.3 is 49.3 Å². The lowest BCUT2D eigenvalue weighted by atomic mass is 9.85. The molecule has 22 heteroatoms. The van der Waals surface area contributed by atoms with E-state index in [1.807, 2.05) is 31.2 Å². The highest BCUT2D eigenvalue weighted by Gasteiger charge is 2.56. The molecule has 0 aromatic rings. The van der Waals surface area contributed by atoms with Gasteiger partial charge in [0.15, 0.2) is 6.10 Å². The number of rotatable bonds is 25. The smallest absolute Gasteiger partial charge is 0.462 e. The molecular weight excluding hydrogens is 745 g/mol. The van der Waals surface area contributed by atoms with Gasteiger partial charge in [-0.3, -0.25) is 27.7 Å². The molecule has 0 radical (unpaired) electrons. The lowest BCUT2D eigenvalue weighted by molar-refractivity contribution is -0.213. The molecular formula is C29H51O19P3. The van der Waals surface area contributed by atoms with Gasteiger partial charge >= 0.3 is 35.4 Å². The molecule has 8 atom stereocenters. The van der Waals surface area contributed by atoms with Gasteiger partial charge in [0.05, 0.1) is 6.61 Å². The second kappa shape index (κ2) is 23.9. The fourth-order valence-electron chi connectivity index (χ4n) is 4.54. The molecule has 1 rings (SSSR count). The molecule has 1 unspecified atom stereocenters. The number of phosphoric ester groups is 3.